The summed E-state index contributed by atoms with van der Waals surface area (Å²) in [6, 6.07) is 28.2. The summed E-state index contributed by atoms with van der Waals surface area (Å²) in [6.07, 6.45) is 11.1. The van der Waals surface area contributed by atoms with Crippen LogP contribution in [0, 0.1) is 0 Å². The molecular weight excluding hydrogens is 527 g/mol. The van der Waals surface area contributed by atoms with Crippen LogP contribution in [-0.2, 0) is 6.42 Å². The van der Waals surface area contributed by atoms with Gasteiger partial charge in [-0.05, 0) is 73.4 Å². The first-order valence-electron chi connectivity index (χ1n) is 11.9. The van der Waals surface area contributed by atoms with Crippen LogP contribution in [0.1, 0.15) is 37.1 Å². The zero-order chi connectivity index (χ0) is 23.5. The molecule has 0 saturated carbocycles. The molecule has 0 unspecified atom stereocenters. The van der Waals surface area contributed by atoms with Crippen LogP contribution in [0.25, 0.3) is 28.2 Å². The van der Waals surface area contributed by atoms with Gasteiger partial charge < -0.3 is 9.88 Å². The Hall–Kier alpha value is -3.05. The van der Waals surface area contributed by atoms with Crippen molar-refractivity contribution in [3.63, 3.8) is 0 Å². The molecule has 0 bridgehead atoms. The van der Waals surface area contributed by atoms with Gasteiger partial charge in [-0.3, -0.25) is 0 Å². The summed E-state index contributed by atoms with van der Waals surface area (Å²) in [6.45, 7) is 4.46. The third-order valence-electron chi connectivity index (χ3n) is 6.40. The van der Waals surface area contributed by atoms with Crippen LogP contribution < -0.4 is 5.32 Å². The van der Waals surface area contributed by atoms with E-state index in [-0.39, 0.29) is 0 Å². The highest BCUT2D eigenvalue weighted by atomic mass is 127. The summed E-state index contributed by atoms with van der Waals surface area (Å²) in [4.78, 5) is 0. The maximum absolute atomic E-state index is 3.53. The summed E-state index contributed by atoms with van der Waals surface area (Å²) >= 11 is 2.47. The molecule has 34 heavy (non-hydrogen) atoms. The van der Waals surface area contributed by atoms with Gasteiger partial charge in [0.1, 0.15) is 0 Å². The summed E-state index contributed by atoms with van der Waals surface area (Å²) < 4.78 is 3.01. The molecule has 0 amide bonds. The molecule has 3 heteroatoms. The highest BCUT2D eigenvalue weighted by molar-refractivity contribution is 14.1. The van der Waals surface area contributed by atoms with Crippen molar-refractivity contribution in [2.45, 2.75) is 30.6 Å². The van der Waals surface area contributed by atoms with Gasteiger partial charge in [0.25, 0.3) is 0 Å². The molecule has 2 nitrogen and oxygen atoms in total. The SMILES string of the molecule is CCc1c(/C=C(\C)c2ccc(NC3=CC[C@@H](I)C=C3)cc2)c2ccccc2n1-c1ccccc1. The number of hydrogen-bond donors (Lipinski definition) is 1. The summed E-state index contributed by atoms with van der Waals surface area (Å²) in [5.74, 6) is 0. The number of halogens is 1. The van der Waals surface area contributed by atoms with Crippen molar-refractivity contribution in [2.75, 3.05) is 5.32 Å². The van der Waals surface area contributed by atoms with E-state index in [1.54, 1.807) is 0 Å². The van der Waals surface area contributed by atoms with Gasteiger partial charge in [-0.15, -0.1) is 0 Å². The number of allylic oxidation sites excluding steroid dienone is 4. The van der Waals surface area contributed by atoms with Gasteiger partial charge >= 0.3 is 0 Å². The number of anilines is 1. The highest BCUT2D eigenvalue weighted by Crippen LogP contribution is 2.33. The van der Waals surface area contributed by atoms with Gasteiger partial charge in [-0.2, -0.15) is 0 Å². The van der Waals surface area contributed by atoms with Crippen LogP contribution in [0.15, 0.2) is 103 Å². The summed E-state index contributed by atoms with van der Waals surface area (Å²) in [5.41, 5.74) is 9.92. The largest absolute Gasteiger partial charge is 0.356 e. The molecule has 0 saturated heterocycles. The number of rotatable bonds is 6. The number of alkyl halides is 1. The number of fused-ring (bicyclic) bond motifs is 1. The van der Waals surface area contributed by atoms with Gasteiger partial charge in [-0.25, -0.2) is 0 Å². The quantitative estimate of drug-likeness (QED) is 0.186. The van der Waals surface area contributed by atoms with Crippen molar-refractivity contribution in [1.82, 2.24) is 4.57 Å². The molecule has 1 aliphatic rings. The van der Waals surface area contributed by atoms with E-state index >= 15 is 0 Å². The third-order valence-corrected chi connectivity index (χ3v) is 7.33. The summed E-state index contributed by atoms with van der Waals surface area (Å²) in [5, 5.41) is 4.83. The molecule has 0 fully saturated rings. The average molecular weight is 556 g/mol. The number of aromatic nitrogens is 1. The van der Waals surface area contributed by atoms with Gasteiger partial charge in [0.15, 0.2) is 0 Å². The van der Waals surface area contributed by atoms with E-state index in [2.05, 4.69) is 149 Å². The third kappa shape index (κ3) is 4.62. The van der Waals surface area contributed by atoms with Crippen LogP contribution in [0.2, 0.25) is 0 Å². The number of benzene rings is 3. The molecule has 0 spiro atoms. The van der Waals surface area contributed by atoms with Gasteiger partial charge in [-0.1, -0.05) is 90.2 Å². The van der Waals surface area contributed by atoms with E-state index in [9.17, 15) is 0 Å². The minimum atomic E-state index is 0.596. The van der Waals surface area contributed by atoms with E-state index < -0.39 is 0 Å². The summed E-state index contributed by atoms with van der Waals surface area (Å²) in [7, 11) is 0. The molecule has 0 aliphatic heterocycles. The predicted molar refractivity (Wildman–Crippen MR) is 156 cm³/mol. The van der Waals surface area contributed by atoms with Crippen molar-refractivity contribution in [3.05, 3.63) is 120 Å². The van der Waals surface area contributed by atoms with Crippen LogP contribution in [0.5, 0.6) is 0 Å². The number of nitrogens with zero attached hydrogens (tertiary/aromatic N) is 1. The Kier molecular flexibility index (Phi) is 6.73. The van der Waals surface area contributed by atoms with E-state index in [4.69, 9.17) is 0 Å². The molecule has 3 aromatic carbocycles. The minimum absolute atomic E-state index is 0.596. The van der Waals surface area contributed by atoms with Crippen molar-refractivity contribution in [1.29, 1.82) is 0 Å². The maximum atomic E-state index is 3.53. The van der Waals surface area contributed by atoms with Crippen LogP contribution in [-0.4, -0.2) is 8.49 Å². The Labute approximate surface area is 215 Å². The topological polar surface area (TPSA) is 17.0 Å². The molecule has 5 rings (SSSR count). The smallest absolute Gasteiger partial charge is 0.0537 e. The molecule has 1 atom stereocenters. The van der Waals surface area contributed by atoms with Gasteiger partial charge in [0.05, 0.1) is 5.52 Å². The molecule has 0 radical (unpaired) electrons. The second-order valence-electron chi connectivity index (χ2n) is 8.70. The second-order valence-corrected chi connectivity index (χ2v) is 10.3. The van der Waals surface area contributed by atoms with E-state index in [0.717, 1.165) is 18.5 Å². The first-order chi connectivity index (χ1) is 16.6. The molecule has 1 heterocycles. The standard InChI is InChI=1S/C31H29IN2/c1-3-30-29(28-11-7-8-12-31(28)34(30)27-9-5-4-6-10-27)21-22(2)23-13-17-25(18-14-23)33-26-19-15-24(32)16-20-26/h4-15,17-21,24,33H,3,16H2,1-2H3/b22-21+/t24-/m0/s1. The average Bonchev–Trinajstić information content (AvgIpc) is 3.19. The van der Waals surface area contributed by atoms with Crippen LogP contribution in [0.4, 0.5) is 5.69 Å². The Bertz CT molecular complexity index is 1390. The normalized spacial score (nSPS) is 16.0. The Balaban J connectivity index is 1.49. The lowest BCUT2D eigenvalue weighted by Gasteiger charge is -2.13. The fourth-order valence-electron chi connectivity index (χ4n) is 4.67. The van der Waals surface area contributed by atoms with Crippen molar-refractivity contribution < 1.29 is 0 Å². The zero-order valence-corrected chi connectivity index (χ0v) is 21.8. The Morgan fingerprint density at radius 2 is 1.74 bits per heavy atom. The minimum Gasteiger partial charge on any atom is -0.356 e. The molecule has 1 aromatic heterocycles. The molecule has 1 N–H and O–H groups in total. The molecular formula is C31H29IN2. The lowest BCUT2D eigenvalue weighted by Crippen LogP contribution is -2.03. The van der Waals surface area contributed by atoms with Crippen molar-refractivity contribution in [3.8, 4) is 5.69 Å². The molecule has 1 aliphatic carbocycles. The van der Waals surface area contributed by atoms with Crippen molar-refractivity contribution >= 4 is 50.8 Å². The number of hydrogen-bond acceptors (Lipinski definition) is 1. The fourth-order valence-corrected chi connectivity index (χ4v) is 5.13. The first kappa shape index (κ1) is 22.7. The second kappa shape index (κ2) is 10.1. The highest BCUT2D eigenvalue weighted by Gasteiger charge is 2.16. The lowest BCUT2D eigenvalue weighted by atomic mass is 10.0. The first-order valence-corrected chi connectivity index (χ1v) is 13.1. The Morgan fingerprint density at radius 1 is 1.00 bits per heavy atom. The monoisotopic (exact) mass is 556 g/mol. The van der Waals surface area contributed by atoms with Gasteiger partial charge in [0, 0.05) is 37.6 Å². The van der Waals surface area contributed by atoms with Gasteiger partial charge in [0.2, 0.25) is 0 Å². The Morgan fingerprint density at radius 3 is 2.44 bits per heavy atom. The van der Waals surface area contributed by atoms with E-state index in [1.165, 1.54) is 44.7 Å². The van der Waals surface area contributed by atoms with E-state index in [1.807, 2.05) is 0 Å². The predicted octanol–water partition coefficient (Wildman–Crippen LogP) is 8.81. The maximum Gasteiger partial charge on any atom is 0.0537 e. The van der Waals surface area contributed by atoms with Crippen LogP contribution >= 0.6 is 22.6 Å². The zero-order valence-electron chi connectivity index (χ0n) is 19.6. The van der Waals surface area contributed by atoms with Crippen molar-refractivity contribution in [2.24, 2.45) is 0 Å². The van der Waals surface area contributed by atoms with Crippen LogP contribution in [0.3, 0.4) is 0 Å². The van der Waals surface area contributed by atoms with E-state index in [0.29, 0.717) is 3.92 Å². The molecule has 170 valence electrons. The molecule has 4 aromatic rings. The fraction of sp³-hybridized carbons (Fsp3) is 0.161. The number of para-hydroxylation sites is 2. The lowest BCUT2D eigenvalue weighted by molar-refractivity contribution is 0.957. The number of nitrogens with one attached hydrogen (secondary N) is 1.